The topological polar surface area (TPSA) is 26.3 Å². The first-order valence-corrected chi connectivity index (χ1v) is 5.27. The third-order valence-electron chi connectivity index (χ3n) is 1.71. The van der Waals surface area contributed by atoms with Gasteiger partial charge in [-0.15, -0.1) is 0 Å². The molecule has 0 N–H and O–H groups in total. The van der Waals surface area contributed by atoms with Gasteiger partial charge < -0.3 is 4.74 Å². The van der Waals surface area contributed by atoms with Crippen LogP contribution in [0.4, 0.5) is 4.39 Å². The summed E-state index contributed by atoms with van der Waals surface area (Å²) in [5.41, 5.74) is -0.576. The lowest BCUT2D eigenvalue weighted by Gasteiger charge is -2.16. The summed E-state index contributed by atoms with van der Waals surface area (Å²) < 4.78 is 18.3. The second-order valence-corrected chi connectivity index (χ2v) is 5.07. The second-order valence-electron chi connectivity index (χ2n) is 4.21. The van der Waals surface area contributed by atoms with E-state index in [-0.39, 0.29) is 11.8 Å². The van der Waals surface area contributed by atoms with Gasteiger partial charge >= 0.3 is 5.97 Å². The minimum atomic E-state index is -0.576. The number of ether oxygens (including phenoxy) is 1. The Morgan fingerprint density at radius 1 is 1.40 bits per heavy atom. The van der Waals surface area contributed by atoms with Crippen molar-refractivity contribution >= 4 is 21.9 Å². The average Bonchev–Trinajstić information content (AvgIpc) is 2.08. The smallest absolute Gasteiger partial charge is 0.316 e. The first-order chi connectivity index (χ1) is 6.80. The number of carbonyl (C=O) groups is 1. The molecular weight excluding hydrogens is 263 g/mol. The van der Waals surface area contributed by atoms with E-state index in [2.05, 4.69) is 15.9 Å². The van der Waals surface area contributed by atoms with Crippen molar-refractivity contribution in [3.05, 3.63) is 28.5 Å². The van der Waals surface area contributed by atoms with Crippen LogP contribution in [-0.2, 0) is 4.79 Å². The van der Waals surface area contributed by atoms with Crippen LogP contribution in [0.1, 0.15) is 20.8 Å². The average molecular weight is 275 g/mol. The van der Waals surface area contributed by atoms with Gasteiger partial charge in [-0.3, -0.25) is 4.79 Å². The van der Waals surface area contributed by atoms with Crippen molar-refractivity contribution in [3.63, 3.8) is 0 Å². The first-order valence-electron chi connectivity index (χ1n) is 4.48. The van der Waals surface area contributed by atoms with Gasteiger partial charge in [0.05, 0.1) is 9.89 Å². The van der Waals surface area contributed by atoms with Gasteiger partial charge in [0.25, 0.3) is 0 Å². The lowest BCUT2D eigenvalue weighted by molar-refractivity contribution is -0.143. The van der Waals surface area contributed by atoms with Crippen LogP contribution in [0.5, 0.6) is 5.75 Å². The molecule has 1 aromatic rings. The number of benzene rings is 1. The third-order valence-corrected chi connectivity index (χ3v) is 2.33. The molecule has 4 heteroatoms. The van der Waals surface area contributed by atoms with Crippen molar-refractivity contribution in [1.29, 1.82) is 0 Å². The molecule has 0 aliphatic carbocycles. The molecule has 0 saturated heterocycles. The van der Waals surface area contributed by atoms with Crippen LogP contribution in [0.15, 0.2) is 22.7 Å². The van der Waals surface area contributed by atoms with E-state index >= 15 is 0 Å². The van der Waals surface area contributed by atoms with Crippen molar-refractivity contribution in [2.45, 2.75) is 20.8 Å². The quantitative estimate of drug-likeness (QED) is 0.578. The normalized spacial score (nSPS) is 11.3. The van der Waals surface area contributed by atoms with Crippen molar-refractivity contribution < 1.29 is 13.9 Å². The molecule has 2 nitrogen and oxygen atoms in total. The summed E-state index contributed by atoms with van der Waals surface area (Å²) in [6, 6.07) is 3.92. The number of carbonyl (C=O) groups excluding carboxylic acids is 1. The highest BCUT2D eigenvalue weighted by Gasteiger charge is 2.24. The summed E-state index contributed by atoms with van der Waals surface area (Å²) in [4.78, 5) is 11.5. The monoisotopic (exact) mass is 274 g/mol. The van der Waals surface area contributed by atoms with Gasteiger partial charge in [0.15, 0.2) is 0 Å². The first kappa shape index (κ1) is 12.2. The Kier molecular flexibility index (Phi) is 3.50. The molecule has 15 heavy (non-hydrogen) atoms. The van der Waals surface area contributed by atoms with Gasteiger partial charge in [0, 0.05) is 0 Å². The van der Waals surface area contributed by atoms with Gasteiger partial charge in [0.1, 0.15) is 11.6 Å². The lowest BCUT2D eigenvalue weighted by atomic mass is 9.97. The second kappa shape index (κ2) is 4.31. The van der Waals surface area contributed by atoms with E-state index in [1.807, 2.05) is 0 Å². The molecule has 0 heterocycles. The summed E-state index contributed by atoms with van der Waals surface area (Å²) in [7, 11) is 0. The molecule has 1 rings (SSSR count). The molecule has 0 spiro atoms. The lowest BCUT2D eigenvalue weighted by Crippen LogP contribution is -2.25. The number of halogens is 2. The number of hydrogen-bond donors (Lipinski definition) is 0. The zero-order valence-electron chi connectivity index (χ0n) is 8.80. The Hall–Kier alpha value is -0.900. The standard InChI is InChI=1S/C11H12BrFO2/c1-11(2,3)10(14)15-9-5-4-7(13)6-8(9)12/h4-6H,1-3H3. The third kappa shape index (κ3) is 3.30. The van der Waals surface area contributed by atoms with Crippen molar-refractivity contribution in [1.82, 2.24) is 0 Å². The Morgan fingerprint density at radius 3 is 2.47 bits per heavy atom. The Balaban J connectivity index is 2.87. The van der Waals surface area contributed by atoms with E-state index < -0.39 is 5.41 Å². The van der Waals surface area contributed by atoms with E-state index in [1.54, 1.807) is 20.8 Å². The largest absolute Gasteiger partial charge is 0.425 e. The minimum Gasteiger partial charge on any atom is -0.425 e. The summed E-state index contributed by atoms with van der Waals surface area (Å²) >= 11 is 3.13. The van der Waals surface area contributed by atoms with Crippen LogP contribution in [-0.4, -0.2) is 5.97 Å². The maximum Gasteiger partial charge on any atom is 0.316 e. The Morgan fingerprint density at radius 2 is 2.00 bits per heavy atom. The maximum absolute atomic E-state index is 12.7. The molecule has 0 fully saturated rings. The SMILES string of the molecule is CC(C)(C)C(=O)Oc1ccc(F)cc1Br. The van der Waals surface area contributed by atoms with E-state index in [9.17, 15) is 9.18 Å². The zero-order chi connectivity index (χ0) is 11.6. The predicted molar refractivity (Wildman–Crippen MR) is 59.2 cm³/mol. The van der Waals surface area contributed by atoms with E-state index in [0.717, 1.165) is 0 Å². The van der Waals surface area contributed by atoms with E-state index in [0.29, 0.717) is 10.2 Å². The van der Waals surface area contributed by atoms with Crippen molar-refractivity contribution in [2.75, 3.05) is 0 Å². The predicted octanol–water partition coefficient (Wildman–Crippen LogP) is 3.54. The Labute approximate surface area is 96.6 Å². The highest BCUT2D eigenvalue weighted by atomic mass is 79.9. The fourth-order valence-corrected chi connectivity index (χ4v) is 1.24. The van der Waals surface area contributed by atoms with Crippen LogP contribution in [0, 0.1) is 11.2 Å². The summed E-state index contributed by atoms with van der Waals surface area (Å²) in [5, 5.41) is 0. The van der Waals surface area contributed by atoms with E-state index in [4.69, 9.17) is 4.74 Å². The molecule has 82 valence electrons. The highest BCUT2D eigenvalue weighted by molar-refractivity contribution is 9.10. The van der Waals surface area contributed by atoms with Crippen LogP contribution < -0.4 is 4.74 Å². The molecule has 1 aromatic carbocycles. The fraction of sp³-hybridized carbons (Fsp3) is 0.364. The molecule has 0 aromatic heterocycles. The van der Waals surface area contributed by atoms with Crippen molar-refractivity contribution in [2.24, 2.45) is 5.41 Å². The fourth-order valence-electron chi connectivity index (χ4n) is 0.811. The van der Waals surface area contributed by atoms with Crippen LogP contribution in [0.25, 0.3) is 0 Å². The van der Waals surface area contributed by atoms with Crippen molar-refractivity contribution in [3.8, 4) is 5.75 Å². The minimum absolute atomic E-state index is 0.330. The number of esters is 1. The van der Waals surface area contributed by atoms with Gasteiger partial charge in [-0.25, -0.2) is 4.39 Å². The summed E-state index contributed by atoms with van der Waals surface area (Å²) in [6.45, 7) is 5.27. The summed E-state index contributed by atoms with van der Waals surface area (Å²) in [6.07, 6.45) is 0. The van der Waals surface area contributed by atoms with Gasteiger partial charge in [0.2, 0.25) is 0 Å². The molecule has 0 bridgehead atoms. The molecule has 0 aliphatic heterocycles. The van der Waals surface area contributed by atoms with Gasteiger partial charge in [-0.1, -0.05) is 0 Å². The Bertz CT molecular complexity index is 383. The number of hydrogen-bond acceptors (Lipinski definition) is 2. The molecule has 0 amide bonds. The zero-order valence-corrected chi connectivity index (χ0v) is 10.4. The molecule has 0 saturated carbocycles. The molecular formula is C11H12BrFO2. The molecule has 0 aliphatic rings. The highest BCUT2D eigenvalue weighted by Crippen LogP contribution is 2.27. The van der Waals surface area contributed by atoms with E-state index in [1.165, 1.54) is 18.2 Å². The number of rotatable bonds is 1. The van der Waals surface area contributed by atoms with Gasteiger partial charge in [-0.2, -0.15) is 0 Å². The summed E-state index contributed by atoms with van der Waals surface area (Å²) in [5.74, 6) is -0.399. The molecule has 0 atom stereocenters. The molecule has 0 unspecified atom stereocenters. The molecule has 0 radical (unpaired) electrons. The maximum atomic E-state index is 12.7. The van der Waals surface area contributed by atoms with Crippen LogP contribution in [0.2, 0.25) is 0 Å². The van der Waals surface area contributed by atoms with Crippen LogP contribution >= 0.6 is 15.9 Å². The van der Waals surface area contributed by atoms with Gasteiger partial charge in [-0.05, 0) is 54.9 Å². The van der Waals surface area contributed by atoms with Crippen LogP contribution in [0.3, 0.4) is 0 Å².